The summed E-state index contributed by atoms with van der Waals surface area (Å²) in [7, 11) is -1.28. The highest BCUT2D eigenvalue weighted by Crippen LogP contribution is 2.47. The molecule has 0 fully saturated rings. The van der Waals surface area contributed by atoms with Gasteiger partial charge in [0.15, 0.2) is 11.5 Å². The molecule has 1 unspecified atom stereocenters. The van der Waals surface area contributed by atoms with Crippen LogP contribution in [0.15, 0.2) is 48.5 Å². The summed E-state index contributed by atoms with van der Waals surface area (Å²) in [6, 6.07) is 14.3. The molecule has 1 atom stereocenters. The second-order valence-corrected chi connectivity index (χ2v) is 9.34. The smallest absolute Gasteiger partial charge is 0.355 e. The van der Waals surface area contributed by atoms with Crippen molar-refractivity contribution >= 4 is 13.9 Å². The molecular formula is C21H30NO5P. The zero-order valence-electron chi connectivity index (χ0n) is 17.6. The minimum Gasteiger partial charge on any atom is -0.493 e. The lowest BCUT2D eigenvalue weighted by Crippen LogP contribution is -2.31. The van der Waals surface area contributed by atoms with Gasteiger partial charge in [0, 0.05) is 0 Å². The number of para-hydroxylation sites is 2. The summed E-state index contributed by atoms with van der Waals surface area (Å²) in [5, 5.41) is 0. The van der Waals surface area contributed by atoms with Crippen LogP contribution < -0.4 is 18.8 Å². The van der Waals surface area contributed by atoms with Crippen LogP contribution in [0.1, 0.15) is 41.5 Å². The Morgan fingerprint density at radius 1 is 0.857 bits per heavy atom. The SMILES string of the molecule is COc1cccc(N(OC(C)(C)C)[PH](=O)Oc2ccccc2)c1OC(C)(C)C. The fourth-order valence-electron chi connectivity index (χ4n) is 2.32. The minimum atomic E-state index is -2.84. The molecule has 0 heterocycles. The molecule has 0 bridgehead atoms. The van der Waals surface area contributed by atoms with Gasteiger partial charge in [-0.15, -0.1) is 0 Å². The second-order valence-electron chi connectivity index (χ2n) is 8.20. The van der Waals surface area contributed by atoms with Crippen molar-refractivity contribution in [3.05, 3.63) is 48.5 Å². The summed E-state index contributed by atoms with van der Waals surface area (Å²) in [6.07, 6.45) is 0. The van der Waals surface area contributed by atoms with E-state index < -0.39 is 19.4 Å². The first-order valence-corrected chi connectivity index (χ1v) is 10.4. The molecule has 154 valence electrons. The van der Waals surface area contributed by atoms with Crippen LogP contribution in [0.5, 0.6) is 17.2 Å². The fourth-order valence-corrected chi connectivity index (χ4v) is 3.46. The summed E-state index contributed by atoms with van der Waals surface area (Å²) < 4.78 is 30.5. The Bertz CT molecular complexity index is 797. The van der Waals surface area contributed by atoms with Crippen LogP contribution in [0.3, 0.4) is 0 Å². The van der Waals surface area contributed by atoms with Gasteiger partial charge in [0.1, 0.15) is 17.0 Å². The van der Waals surface area contributed by atoms with Crippen LogP contribution in [0.2, 0.25) is 0 Å². The topological polar surface area (TPSA) is 57.2 Å². The maximum Gasteiger partial charge on any atom is 0.355 e. The third-order valence-corrected chi connectivity index (χ3v) is 4.36. The van der Waals surface area contributed by atoms with E-state index in [1.807, 2.05) is 59.7 Å². The second kappa shape index (κ2) is 8.89. The van der Waals surface area contributed by atoms with Gasteiger partial charge in [0.2, 0.25) is 0 Å². The summed E-state index contributed by atoms with van der Waals surface area (Å²) in [5.74, 6) is 1.45. The molecule has 0 radical (unpaired) electrons. The van der Waals surface area contributed by atoms with E-state index in [2.05, 4.69) is 0 Å². The number of methoxy groups -OCH3 is 1. The van der Waals surface area contributed by atoms with E-state index in [1.165, 1.54) is 4.83 Å². The van der Waals surface area contributed by atoms with Gasteiger partial charge in [-0.3, -0.25) is 9.40 Å². The molecule has 0 spiro atoms. The van der Waals surface area contributed by atoms with Gasteiger partial charge in [0.05, 0.1) is 12.7 Å². The van der Waals surface area contributed by atoms with Crippen molar-refractivity contribution in [1.82, 2.24) is 0 Å². The van der Waals surface area contributed by atoms with E-state index in [0.29, 0.717) is 22.9 Å². The lowest BCUT2D eigenvalue weighted by Gasteiger charge is -2.33. The van der Waals surface area contributed by atoms with Crippen molar-refractivity contribution in [3.63, 3.8) is 0 Å². The van der Waals surface area contributed by atoms with Crippen molar-refractivity contribution in [3.8, 4) is 17.2 Å². The third-order valence-electron chi connectivity index (χ3n) is 3.28. The highest BCUT2D eigenvalue weighted by Gasteiger charge is 2.29. The number of rotatable bonds is 7. The standard InChI is InChI=1S/C21H30NO5P/c1-20(2,3)25-19-17(14-11-15-18(19)24-7)22(27-21(4,5)6)28(23)26-16-12-9-8-10-13-16/h8-15,28H,1-7H3. The fraction of sp³-hybridized carbons (Fsp3) is 0.429. The number of hydrogen-bond donors (Lipinski definition) is 0. The number of anilines is 1. The molecule has 2 aromatic carbocycles. The van der Waals surface area contributed by atoms with Gasteiger partial charge in [-0.05, 0) is 65.8 Å². The molecule has 28 heavy (non-hydrogen) atoms. The molecule has 0 N–H and O–H groups in total. The van der Waals surface area contributed by atoms with Gasteiger partial charge in [-0.2, -0.15) is 4.83 Å². The molecule has 0 saturated heterocycles. The summed E-state index contributed by atoms with van der Waals surface area (Å²) in [6.45, 7) is 11.4. The van der Waals surface area contributed by atoms with Crippen molar-refractivity contribution in [1.29, 1.82) is 0 Å². The normalized spacial score (nSPS) is 13.0. The van der Waals surface area contributed by atoms with E-state index in [0.717, 1.165) is 0 Å². The van der Waals surface area contributed by atoms with E-state index in [4.69, 9.17) is 18.8 Å². The van der Waals surface area contributed by atoms with Crippen molar-refractivity contribution in [2.45, 2.75) is 52.7 Å². The van der Waals surface area contributed by atoms with Crippen molar-refractivity contribution in [2.75, 3.05) is 11.9 Å². The first kappa shape index (κ1) is 22.1. The first-order chi connectivity index (χ1) is 13.0. The lowest BCUT2D eigenvalue weighted by molar-refractivity contribution is 0.00313. The maximum atomic E-state index is 13.2. The summed E-state index contributed by atoms with van der Waals surface area (Å²) in [5.41, 5.74) is -0.626. The Morgan fingerprint density at radius 3 is 2.04 bits per heavy atom. The van der Waals surface area contributed by atoms with Gasteiger partial charge in [-0.25, -0.2) is 0 Å². The predicted molar refractivity (Wildman–Crippen MR) is 113 cm³/mol. The largest absolute Gasteiger partial charge is 0.493 e. The van der Waals surface area contributed by atoms with Crippen LogP contribution in [0, 0.1) is 0 Å². The minimum absolute atomic E-state index is 0.441. The summed E-state index contributed by atoms with van der Waals surface area (Å²) >= 11 is 0. The molecule has 2 aromatic rings. The zero-order chi connectivity index (χ0) is 20.9. The monoisotopic (exact) mass is 407 g/mol. The predicted octanol–water partition coefficient (Wildman–Crippen LogP) is 5.88. The van der Waals surface area contributed by atoms with Crippen molar-refractivity contribution in [2.24, 2.45) is 0 Å². The number of ether oxygens (including phenoxy) is 2. The highest BCUT2D eigenvalue weighted by molar-refractivity contribution is 7.41. The van der Waals surface area contributed by atoms with Crippen LogP contribution >= 0.6 is 8.18 Å². The van der Waals surface area contributed by atoms with Crippen LogP contribution in [-0.4, -0.2) is 18.3 Å². The number of hydrogen-bond acceptors (Lipinski definition) is 5. The van der Waals surface area contributed by atoms with E-state index in [1.54, 1.807) is 37.4 Å². The van der Waals surface area contributed by atoms with E-state index in [9.17, 15) is 4.57 Å². The van der Waals surface area contributed by atoms with Gasteiger partial charge < -0.3 is 14.0 Å². The molecule has 0 aliphatic heterocycles. The Hall–Kier alpha value is -2.17. The van der Waals surface area contributed by atoms with E-state index >= 15 is 0 Å². The van der Waals surface area contributed by atoms with Gasteiger partial charge >= 0.3 is 8.18 Å². The lowest BCUT2D eigenvalue weighted by atomic mass is 10.2. The Morgan fingerprint density at radius 2 is 1.50 bits per heavy atom. The van der Waals surface area contributed by atoms with Crippen LogP contribution in [0.25, 0.3) is 0 Å². The molecule has 0 aliphatic carbocycles. The molecule has 6 nitrogen and oxygen atoms in total. The first-order valence-electron chi connectivity index (χ1n) is 9.12. The molecule has 0 saturated carbocycles. The third kappa shape index (κ3) is 6.47. The highest BCUT2D eigenvalue weighted by atomic mass is 31.1. The zero-order valence-corrected chi connectivity index (χ0v) is 18.6. The van der Waals surface area contributed by atoms with Crippen LogP contribution in [-0.2, 0) is 9.40 Å². The molecule has 2 rings (SSSR count). The average molecular weight is 407 g/mol. The Labute approximate surface area is 168 Å². The number of nitrogens with zero attached hydrogens (tertiary/aromatic N) is 1. The molecule has 0 aromatic heterocycles. The molecule has 0 amide bonds. The Kier molecular flexibility index (Phi) is 7.02. The van der Waals surface area contributed by atoms with Gasteiger partial charge in [-0.1, -0.05) is 24.3 Å². The van der Waals surface area contributed by atoms with Gasteiger partial charge in [0.25, 0.3) is 0 Å². The maximum absolute atomic E-state index is 13.2. The molecular weight excluding hydrogens is 377 g/mol. The summed E-state index contributed by atoms with van der Waals surface area (Å²) in [4.78, 5) is 7.31. The number of benzene rings is 2. The molecule has 0 aliphatic rings. The quantitative estimate of drug-likeness (QED) is 0.422. The van der Waals surface area contributed by atoms with Crippen LogP contribution in [0.4, 0.5) is 5.69 Å². The van der Waals surface area contributed by atoms with E-state index in [-0.39, 0.29) is 0 Å². The average Bonchev–Trinajstić information content (AvgIpc) is 2.59. The molecule has 7 heteroatoms. The Balaban J connectivity index is 2.49. The van der Waals surface area contributed by atoms with Crippen molar-refractivity contribution < 1.29 is 23.4 Å².